The maximum absolute atomic E-state index is 13.5. The maximum atomic E-state index is 13.5. The lowest BCUT2D eigenvalue weighted by Crippen LogP contribution is -2.14. The predicted molar refractivity (Wildman–Crippen MR) is 137 cm³/mol. The Morgan fingerprint density at radius 2 is 1.74 bits per heavy atom. The van der Waals surface area contributed by atoms with Crippen molar-refractivity contribution in [2.75, 3.05) is 6.54 Å². The van der Waals surface area contributed by atoms with Crippen LogP contribution in [0.1, 0.15) is 53.1 Å². The molecule has 1 aromatic heterocycles. The Labute approximate surface area is 200 Å². The third-order valence-corrected chi connectivity index (χ3v) is 7.01. The average Bonchev–Trinajstić information content (AvgIpc) is 3.37. The highest BCUT2D eigenvalue weighted by Gasteiger charge is 2.40. The number of aryl methyl sites for hydroxylation is 1. The number of fused-ring (bicyclic) bond motifs is 1. The van der Waals surface area contributed by atoms with Crippen molar-refractivity contribution in [2.24, 2.45) is 5.73 Å². The number of aromatic amines is 1. The molecule has 0 spiro atoms. The molecule has 4 aromatic rings. The molecule has 172 valence electrons. The number of allylic oxidation sites excluding steroid dienone is 2. The van der Waals surface area contributed by atoms with E-state index in [9.17, 15) is 9.90 Å². The number of hydrogen-bond donors (Lipinski definition) is 3. The first kappa shape index (κ1) is 22.2. The summed E-state index contributed by atoms with van der Waals surface area (Å²) in [5.41, 5.74) is 12.8. The van der Waals surface area contributed by atoms with Crippen molar-refractivity contribution in [2.45, 2.75) is 38.0 Å². The molecule has 1 heterocycles. The van der Waals surface area contributed by atoms with Gasteiger partial charge in [-0.05, 0) is 47.7 Å². The molecule has 4 N–H and O–H groups in total. The van der Waals surface area contributed by atoms with E-state index in [2.05, 4.69) is 30.1 Å². The summed E-state index contributed by atoms with van der Waals surface area (Å²) in [4.78, 5) is 17.1. The van der Waals surface area contributed by atoms with Crippen molar-refractivity contribution >= 4 is 16.7 Å². The van der Waals surface area contributed by atoms with Gasteiger partial charge in [0.1, 0.15) is 5.76 Å². The number of aliphatic hydroxyl groups is 1. The monoisotopic (exact) mass is 450 g/mol. The van der Waals surface area contributed by atoms with Crippen LogP contribution >= 0.6 is 0 Å². The van der Waals surface area contributed by atoms with Gasteiger partial charge in [-0.25, -0.2) is 0 Å². The van der Waals surface area contributed by atoms with Gasteiger partial charge in [0.2, 0.25) is 0 Å². The molecular formula is C30H30N2O2. The van der Waals surface area contributed by atoms with Gasteiger partial charge in [0.15, 0.2) is 5.78 Å². The van der Waals surface area contributed by atoms with Crippen molar-refractivity contribution in [3.05, 3.63) is 118 Å². The Kier molecular flexibility index (Phi) is 6.08. The fraction of sp³-hybridized carbons (Fsp3) is 0.233. The zero-order chi connectivity index (χ0) is 23.7. The van der Waals surface area contributed by atoms with Crippen LogP contribution < -0.4 is 5.73 Å². The molecule has 5 rings (SSSR count). The van der Waals surface area contributed by atoms with Crippen LogP contribution in [0.25, 0.3) is 10.9 Å². The molecule has 4 nitrogen and oxygen atoms in total. The van der Waals surface area contributed by atoms with Gasteiger partial charge in [-0.3, -0.25) is 4.79 Å². The molecular weight excluding hydrogens is 420 g/mol. The van der Waals surface area contributed by atoms with Crippen LogP contribution in [0.15, 0.2) is 90.2 Å². The molecule has 0 radical (unpaired) electrons. The molecule has 2 atom stereocenters. The molecule has 34 heavy (non-hydrogen) atoms. The van der Waals surface area contributed by atoms with E-state index in [1.54, 1.807) is 0 Å². The molecule has 0 aliphatic heterocycles. The van der Waals surface area contributed by atoms with Gasteiger partial charge in [-0.2, -0.15) is 0 Å². The van der Waals surface area contributed by atoms with Crippen molar-refractivity contribution < 1.29 is 9.90 Å². The summed E-state index contributed by atoms with van der Waals surface area (Å²) < 4.78 is 0. The van der Waals surface area contributed by atoms with Crippen LogP contribution in [-0.2, 0) is 17.6 Å². The SMILES string of the molecule is CCc1ccc2c(CCN)c(C(C3=C(O)C(c4ccccc4)CC3=O)c3ccccc3)[nH]c2c1. The number of aromatic nitrogens is 1. The van der Waals surface area contributed by atoms with E-state index < -0.39 is 0 Å². The molecule has 0 amide bonds. The van der Waals surface area contributed by atoms with Gasteiger partial charge in [0, 0.05) is 34.5 Å². The lowest BCUT2D eigenvalue weighted by atomic mass is 9.84. The van der Waals surface area contributed by atoms with Gasteiger partial charge >= 0.3 is 0 Å². The van der Waals surface area contributed by atoms with Crippen molar-refractivity contribution in [1.82, 2.24) is 4.98 Å². The minimum Gasteiger partial charge on any atom is -0.511 e. The van der Waals surface area contributed by atoms with Crippen LogP contribution in [0, 0.1) is 0 Å². The molecule has 2 unspecified atom stereocenters. The number of carbonyl (C=O) groups excluding carboxylic acids is 1. The van der Waals surface area contributed by atoms with Gasteiger partial charge in [0.05, 0.1) is 5.92 Å². The molecule has 0 fully saturated rings. The predicted octanol–water partition coefficient (Wildman–Crippen LogP) is 5.93. The lowest BCUT2D eigenvalue weighted by molar-refractivity contribution is -0.115. The molecule has 1 aliphatic rings. The van der Waals surface area contributed by atoms with Gasteiger partial charge in [-0.1, -0.05) is 79.7 Å². The number of ketones is 1. The smallest absolute Gasteiger partial charge is 0.164 e. The lowest BCUT2D eigenvalue weighted by Gasteiger charge is -2.20. The van der Waals surface area contributed by atoms with Crippen LogP contribution in [0.4, 0.5) is 0 Å². The summed E-state index contributed by atoms with van der Waals surface area (Å²) in [5, 5.41) is 12.6. The summed E-state index contributed by atoms with van der Waals surface area (Å²) in [6.07, 6.45) is 1.91. The number of hydrogen-bond acceptors (Lipinski definition) is 3. The maximum Gasteiger partial charge on any atom is 0.164 e. The number of aliphatic hydroxyl groups excluding tert-OH is 1. The minimum absolute atomic E-state index is 0.00759. The van der Waals surface area contributed by atoms with Gasteiger partial charge in [-0.15, -0.1) is 0 Å². The largest absolute Gasteiger partial charge is 0.511 e. The highest BCUT2D eigenvalue weighted by Crippen LogP contribution is 2.46. The fourth-order valence-electron chi connectivity index (χ4n) is 5.32. The number of benzene rings is 3. The molecule has 3 aromatic carbocycles. The first-order chi connectivity index (χ1) is 16.6. The summed E-state index contributed by atoms with van der Waals surface area (Å²) >= 11 is 0. The number of rotatable bonds is 7. The highest BCUT2D eigenvalue weighted by atomic mass is 16.3. The van der Waals surface area contributed by atoms with Crippen molar-refractivity contribution in [1.29, 1.82) is 0 Å². The van der Waals surface area contributed by atoms with Crippen molar-refractivity contribution in [3.8, 4) is 0 Å². The number of Topliss-reactive ketones (excluding diaryl/α,β-unsaturated/α-hetero) is 1. The Bertz CT molecular complexity index is 1350. The van der Waals surface area contributed by atoms with E-state index in [4.69, 9.17) is 5.73 Å². The highest BCUT2D eigenvalue weighted by molar-refractivity contribution is 6.02. The number of nitrogens with one attached hydrogen (secondary N) is 1. The van der Waals surface area contributed by atoms with Gasteiger partial charge < -0.3 is 15.8 Å². The zero-order valence-electron chi connectivity index (χ0n) is 19.4. The van der Waals surface area contributed by atoms with Gasteiger partial charge in [0.25, 0.3) is 0 Å². The average molecular weight is 451 g/mol. The second-order valence-corrected chi connectivity index (χ2v) is 9.02. The topological polar surface area (TPSA) is 79.1 Å². The van der Waals surface area contributed by atoms with E-state index in [0.29, 0.717) is 18.5 Å². The number of carbonyl (C=O) groups is 1. The second kappa shape index (κ2) is 9.32. The fourth-order valence-corrected chi connectivity index (χ4v) is 5.32. The van der Waals surface area contributed by atoms with Crippen LogP contribution in [0.5, 0.6) is 0 Å². The zero-order valence-corrected chi connectivity index (χ0v) is 19.4. The summed E-state index contributed by atoms with van der Waals surface area (Å²) in [7, 11) is 0. The standard InChI is InChI=1S/C30H30N2O2/c1-2-19-13-14-22-23(15-16-31)29(32-25(22)17-19)27(21-11-7-4-8-12-21)28-26(33)18-24(30(28)34)20-9-5-3-6-10-20/h3-14,17,24,27,32,34H,2,15-16,18,31H2,1H3. The number of H-pyrrole nitrogens is 1. The minimum atomic E-state index is -0.388. The summed E-state index contributed by atoms with van der Waals surface area (Å²) in [6, 6.07) is 26.3. The van der Waals surface area contributed by atoms with Crippen LogP contribution in [-0.4, -0.2) is 22.4 Å². The summed E-state index contributed by atoms with van der Waals surface area (Å²) in [6.45, 7) is 2.64. The normalized spacial score (nSPS) is 17.0. The molecule has 0 saturated carbocycles. The van der Waals surface area contributed by atoms with E-state index in [1.165, 1.54) is 5.56 Å². The molecule has 0 saturated heterocycles. The van der Waals surface area contributed by atoms with E-state index in [0.717, 1.165) is 39.7 Å². The Balaban J connectivity index is 1.74. The molecule has 4 heteroatoms. The Hall–Kier alpha value is -3.63. The quantitative estimate of drug-likeness (QED) is 0.326. The van der Waals surface area contributed by atoms with E-state index in [-0.39, 0.29) is 29.8 Å². The third kappa shape index (κ3) is 3.84. The van der Waals surface area contributed by atoms with E-state index in [1.807, 2.05) is 60.7 Å². The summed E-state index contributed by atoms with van der Waals surface area (Å²) in [5.74, 6) is -0.533. The Morgan fingerprint density at radius 1 is 1.03 bits per heavy atom. The molecule has 0 bridgehead atoms. The van der Waals surface area contributed by atoms with Crippen molar-refractivity contribution in [3.63, 3.8) is 0 Å². The third-order valence-electron chi connectivity index (χ3n) is 7.01. The Morgan fingerprint density at radius 3 is 2.41 bits per heavy atom. The first-order valence-electron chi connectivity index (χ1n) is 12.0. The van der Waals surface area contributed by atoms with Crippen LogP contribution in [0.2, 0.25) is 0 Å². The first-order valence-corrected chi connectivity index (χ1v) is 12.0. The van der Waals surface area contributed by atoms with Crippen LogP contribution in [0.3, 0.4) is 0 Å². The number of nitrogens with two attached hydrogens (primary N) is 1. The second-order valence-electron chi connectivity index (χ2n) is 9.02. The molecule has 1 aliphatic carbocycles. The van der Waals surface area contributed by atoms with E-state index >= 15 is 0 Å².